The lowest BCUT2D eigenvalue weighted by Crippen LogP contribution is -2.54. The van der Waals surface area contributed by atoms with Crippen LogP contribution in [0.3, 0.4) is 0 Å². The number of nitrogens with zero attached hydrogens (tertiary/aromatic N) is 2. The zero-order valence-electron chi connectivity index (χ0n) is 16.1. The second-order valence-corrected chi connectivity index (χ2v) is 7.14. The molecule has 0 saturated carbocycles. The summed E-state index contributed by atoms with van der Waals surface area (Å²) in [7, 11) is 0. The van der Waals surface area contributed by atoms with Crippen LogP contribution in [0.1, 0.15) is 18.2 Å². The zero-order chi connectivity index (χ0) is 21.3. The topological polar surface area (TPSA) is 54.3 Å². The molecule has 2 amide bonds. The molecule has 0 spiro atoms. The second-order valence-electron chi connectivity index (χ2n) is 6.76. The first kappa shape index (κ1) is 19.7. The highest BCUT2D eigenvalue weighted by atomic mass is 32.1. The molecule has 2 heterocycles. The molecule has 0 aliphatic carbocycles. The molecule has 1 fully saturated rings. The Morgan fingerprint density at radius 2 is 1.67 bits per heavy atom. The van der Waals surface area contributed by atoms with Gasteiger partial charge in [-0.05, 0) is 78.8 Å². The van der Waals surface area contributed by atoms with Gasteiger partial charge in [-0.15, -0.1) is 0 Å². The van der Waals surface area contributed by atoms with Gasteiger partial charge in [-0.1, -0.05) is 19.1 Å². The molecule has 30 heavy (non-hydrogen) atoms. The maximum absolute atomic E-state index is 13.3. The van der Waals surface area contributed by atoms with Crippen LogP contribution >= 0.6 is 12.2 Å². The Labute approximate surface area is 178 Å². The monoisotopic (exact) mass is 419 g/mol. The van der Waals surface area contributed by atoms with E-state index in [2.05, 4.69) is 5.32 Å². The number of aryl methyl sites for hydroxylation is 1. The summed E-state index contributed by atoms with van der Waals surface area (Å²) in [6.07, 6.45) is 4.16. The van der Waals surface area contributed by atoms with Gasteiger partial charge in [0.05, 0.1) is 5.69 Å². The third kappa shape index (κ3) is 3.67. The minimum absolute atomic E-state index is 0.0368. The average molecular weight is 419 g/mol. The minimum atomic E-state index is -0.557. The van der Waals surface area contributed by atoms with Gasteiger partial charge in [-0.25, -0.2) is 4.39 Å². The molecule has 0 atom stereocenters. The summed E-state index contributed by atoms with van der Waals surface area (Å²) in [6, 6.07) is 17.0. The van der Waals surface area contributed by atoms with E-state index in [9.17, 15) is 14.0 Å². The van der Waals surface area contributed by atoms with Crippen molar-refractivity contribution in [2.75, 3.05) is 4.90 Å². The maximum atomic E-state index is 13.3. The van der Waals surface area contributed by atoms with Crippen molar-refractivity contribution >= 4 is 40.9 Å². The maximum Gasteiger partial charge on any atom is 0.270 e. The summed E-state index contributed by atoms with van der Waals surface area (Å²) in [5.41, 5.74) is 2.99. The van der Waals surface area contributed by atoms with Crippen LogP contribution in [-0.2, 0) is 16.0 Å². The lowest BCUT2D eigenvalue weighted by molar-refractivity contribution is -0.122. The van der Waals surface area contributed by atoms with Crippen LogP contribution in [0.25, 0.3) is 11.8 Å². The number of thiocarbonyl (C=S) groups is 1. The van der Waals surface area contributed by atoms with Crippen molar-refractivity contribution in [2.45, 2.75) is 13.3 Å². The van der Waals surface area contributed by atoms with Crippen molar-refractivity contribution in [3.8, 4) is 5.69 Å². The molecule has 2 aromatic carbocycles. The van der Waals surface area contributed by atoms with E-state index in [1.54, 1.807) is 47.2 Å². The standard InChI is InChI=1S/C23H18FN3O2S/c1-2-15-5-9-18(10-6-15)27-22(29)20(21(28)25-23(27)30)14-19-4-3-13-26(19)17-11-7-16(24)8-12-17/h3-14H,2H2,1H3,(H,25,28,30). The van der Waals surface area contributed by atoms with Crippen LogP contribution < -0.4 is 10.2 Å². The van der Waals surface area contributed by atoms with Gasteiger partial charge in [0.15, 0.2) is 5.11 Å². The van der Waals surface area contributed by atoms with E-state index in [0.717, 1.165) is 12.0 Å². The highest BCUT2D eigenvalue weighted by molar-refractivity contribution is 7.80. The number of hydrogen-bond donors (Lipinski definition) is 1. The van der Waals surface area contributed by atoms with E-state index in [1.807, 2.05) is 19.1 Å². The highest BCUT2D eigenvalue weighted by Crippen LogP contribution is 2.24. The molecule has 1 N–H and O–H groups in total. The molecule has 0 unspecified atom stereocenters. The fourth-order valence-electron chi connectivity index (χ4n) is 3.27. The molecule has 4 rings (SSSR count). The molecule has 1 aromatic heterocycles. The lowest BCUT2D eigenvalue weighted by atomic mass is 10.1. The summed E-state index contributed by atoms with van der Waals surface area (Å²) in [5.74, 6) is -1.40. The zero-order valence-corrected chi connectivity index (χ0v) is 16.9. The molecule has 150 valence electrons. The molecule has 5 nitrogen and oxygen atoms in total. The van der Waals surface area contributed by atoms with E-state index in [1.165, 1.54) is 23.1 Å². The Morgan fingerprint density at radius 3 is 2.33 bits per heavy atom. The van der Waals surface area contributed by atoms with Crippen LogP contribution in [-0.4, -0.2) is 21.5 Å². The Kier molecular flexibility index (Phi) is 5.29. The quantitative estimate of drug-likeness (QED) is 0.395. The number of benzene rings is 2. The third-order valence-electron chi connectivity index (χ3n) is 4.88. The Morgan fingerprint density at radius 1 is 1.00 bits per heavy atom. The second kappa shape index (κ2) is 8.04. The van der Waals surface area contributed by atoms with E-state index >= 15 is 0 Å². The van der Waals surface area contributed by atoms with Gasteiger partial charge in [0.25, 0.3) is 11.8 Å². The Hall–Kier alpha value is -3.58. The minimum Gasteiger partial charge on any atom is -0.317 e. The molecule has 7 heteroatoms. The first-order valence-electron chi connectivity index (χ1n) is 9.41. The number of halogens is 1. The van der Waals surface area contributed by atoms with Crippen LogP contribution in [0.4, 0.5) is 10.1 Å². The number of hydrogen-bond acceptors (Lipinski definition) is 3. The summed E-state index contributed by atoms with van der Waals surface area (Å²) in [6.45, 7) is 2.04. The van der Waals surface area contributed by atoms with Gasteiger partial charge < -0.3 is 4.57 Å². The Balaban J connectivity index is 1.71. The van der Waals surface area contributed by atoms with E-state index in [0.29, 0.717) is 17.1 Å². The van der Waals surface area contributed by atoms with Crippen molar-refractivity contribution in [2.24, 2.45) is 0 Å². The van der Waals surface area contributed by atoms with Crippen molar-refractivity contribution in [3.05, 3.63) is 89.5 Å². The predicted molar refractivity (Wildman–Crippen MR) is 118 cm³/mol. The SMILES string of the molecule is CCc1ccc(N2C(=O)C(=Cc3cccn3-c3ccc(F)cc3)C(=O)NC2=S)cc1. The highest BCUT2D eigenvalue weighted by Gasteiger charge is 2.34. The van der Waals surface area contributed by atoms with Gasteiger partial charge in [-0.3, -0.25) is 19.8 Å². The normalized spacial score (nSPS) is 15.6. The first-order chi connectivity index (χ1) is 14.5. The fourth-order valence-corrected chi connectivity index (χ4v) is 3.55. The molecule has 0 radical (unpaired) electrons. The molecule has 1 saturated heterocycles. The van der Waals surface area contributed by atoms with E-state index in [4.69, 9.17) is 12.2 Å². The number of rotatable bonds is 4. The molecule has 0 bridgehead atoms. The van der Waals surface area contributed by atoms with Crippen LogP contribution in [0.5, 0.6) is 0 Å². The van der Waals surface area contributed by atoms with Crippen LogP contribution in [0.2, 0.25) is 0 Å². The van der Waals surface area contributed by atoms with Gasteiger partial charge in [0.2, 0.25) is 0 Å². The van der Waals surface area contributed by atoms with Crippen molar-refractivity contribution in [3.63, 3.8) is 0 Å². The summed E-state index contributed by atoms with van der Waals surface area (Å²) >= 11 is 5.25. The van der Waals surface area contributed by atoms with E-state index < -0.39 is 11.8 Å². The first-order valence-corrected chi connectivity index (χ1v) is 9.82. The smallest absolute Gasteiger partial charge is 0.270 e. The van der Waals surface area contributed by atoms with E-state index in [-0.39, 0.29) is 16.5 Å². The fraction of sp³-hybridized carbons (Fsp3) is 0.0870. The van der Waals surface area contributed by atoms with Gasteiger partial charge in [0.1, 0.15) is 11.4 Å². The van der Waals surface area contributed by atoms with Crippen LogP contribution in [0, 0.1) is 5.82 Å². The number of anilines is 1. The summed E-state index contributed by atoms with van der Waals surface area (Å²) < 4.78 is 15.0. The van der Waals surface area contributed by atoms with Crippen molar-refractivity contribution in [1.29, 1.82) is 0 Å². The predicted octanol–water partition coefficient (Wildman–Crippen LogP) is 4.01. The van der Waals surface area contributed by atoms with Gasteiger partial charge >= 0.3 is 0 Å². The largest absolute Gasteiger partial charge is 0.317 e. The molecule has 3 aromatic rings. The third-order valence-corrected chi connectivity index (χ3v) is 5.17. The molecular formula is C23H18FN3O2S. The van der Waals surface area contributed by atoms with Gasteiger partial charge in [0, 0.05) is 17.6 Å². The summed E-state index contributed by atoms with van der Waals surface area (Å²) in [4.78, 5) is 27.0. The lowest BCUT2D eigenvalue weighted by Gasteiger charge is -2.29. The molecular weight excluding hydrogens is 401 g/mol. The number of aromatic nitrogens is 1. The van der Waals surface area contributed by atoms with Crippen molar-refractivity contribution in [1.82, 2.24) is 9.88 Å². The Bertz CT molecular complexity index is 1160. The summed E-state index contributed by atoms with van der Waals surface area (Å²) in [5, 5.41) is 2.63. The number of carbonyl (C=O) groups excluding carboxylic acids is 2. The number of amides is 2. The molecule has 1 aliphatic heterocycles. The number of nitrogens with one attached hydrogen (secondary N) is 1. The van der Waals surface area contributed by atoms with Crippen molar-refractivity contribution < 1.29 is 14.0 Å². The van der Waals surface area contributed by atoms with Crippen LogP contribution in [0.15, 0.2) is 72.4 Å². The number of carbonyl (C=O) groups is 2. The molecule has 1 aliphatic rings. The average Bonchev–Trinajstić information content (AvgIpc) is 3.20. The van der Waals surface area contributed by atoms with Gasteiger partial charge in [-0.2, -0.15) is 0 Å².